The van der Waals surface area contributed by atoms with Gasteiger partial charge < -0.3 is 31.6 Å². The topological polar surface area (TPSA) is 170 Å². The van der Waals surface area contributed by atoms with E-state index < -0.39 is 23.8 Å². The molecular weight excluding hydrogens is 583 g/mol. The highest BCUT2D eigenvalue weighted by molar-refractivity contribution is 6.39. The summed E-state index contributed by atoms with van der Waals surface area (Å²) in [4.78, 5) is 42.2. The summed E-state index contributed by atoms with van der Waals surface area (Å²) >= 11 is 12.3. The van der Waals surface area contributed by atoms with Crippen molar-refractivity contribution < 1.29 is 23.9 Å². The first kappa shape index (κ1) is 34.8. The van der Waals surface area contributed by atoms with Gasteiger partial charge in [0.1, 0.15) is 6.04 Å². The fourth-order valence-electron chi connectivity index (χ4n) is 3.84. The minimum Gasteiger partial charge on any atom is -0.464 e. The molecule has 13 heteroatoms. The van der Waals surface area contributed by atoms with Crippen LogP contribution in [0.15, 0.2) is 47.5 Å². The zero-order chi connectivity index (χ0) is 30.7. The van der Waals surface area contributed by atoms with Crippen molar-refractivity contribution in [1.82, 2.24) is 16.0 Å². The van der Waals surface area contributed by atoms with Crippen LogP contribution in [0.5, 0.6) is 0 Å². The Morgan fingerprint density at radius 3 is 2.38 bits per heavy atom. The number of guanidine groups is 1. The summed E-state index contributed by atoms with van der Waals surface area (Å²) in [7, 11) is 0. The highest BCUT2D eigenvalue weighted by atomic mass is 35.5. The number of nitrogens with one attached hydrogen (secondary N) is 3. The van der Waals surface area contributed by atoms with Crippen LogP contribution in [-0.2, 0) is 25.7 Å². The van der Waals surface area contributed by atoms with Crippen LogP contribution in [0.1, 0.15) is 61.4 Å². The number of benzene rings is 2. The number of carbonyl (C=O) groups excluding carboxylic acids is 3. The van der Waals surface area contributed by atoms with Gasteiger partial charge in [0.15, 0.2) is 5.96 Å². The third-order valence-electron chi connectivity index (χ3n) is 5.95. The number of unbranched alkanes of at least 4 members (excludes halogenated alkanes) is 5. The van der Waals surface area contributed by atoms with E-state index >= 15 is 0 Å². The second kappa shape index (κ2) is 19.7. The number of ether oxygens (including phenoxy) is 2. The molecule has 0 aliphatic rings. The number of hydrogen-bond acceptors (Lipinski definition) is 7. The normalized spacial score (nSPS) is 11.4. The van der Waals surface area contributed by atoms with E-state index in [1.165, 1.54) is 18.6 Å². The van der Waals surface area contributed by atoms with Gasteiger partial charge in [-0.2, -0.15) is 0 Å². The average Bonchev–Trinajstić information content (AvgIpc) is 2.94. The number of carbonyl (C=O) groups is 3. The van der Waals surface area contributed by atoms with Gasteiger partial charge >= 0.3 is 5.97 Å². The second-order valence-corrected chi connectivity index (χ2v) is 10.3. The van der Waals surface area contributed by atoms with Gasteiger partial charge in [-0.3, -0.25) is 14.9 Å². The predicted octanol–water partition coefficient (Wildman–Crippen LogP) is 3.78. The molecule has 2 aromatic carbocycles. The number of aliphatic imine (C=N–C) groups is 1. The molecule has 0 saturated heterocycles. The summed E-state index contributed by atoms with van der Waals surface area (Å²) in [6.45, 7) is 2.44. The predicted molar refractivity (Wildman–Crippen MR) is 165 cm³/mol. The lowest BCUT2D eigenvalue weighted by atomic mass is 10.1. The summed E-state index contributed by atoms with van der Waals surface area (Å²) in [5.41, 5.74) is 12.3. The van der Waals surface area contributed by atoms with Gasteiger partial charge in [0.25, 0.3) is 5.91 Å². The molecule has 0 aliphatic carbocycles. The van der Waals surface area contributed by atoms with Gasteiger partial charge in [0, 0.05) is 6.54 Å². The molecule has 0 saturated carbocycles. The van der Waals surface area contributed by atoms with E-state index in [4.69, 9.17) is 44.1 Å². The van der Waals surface area contributed by atoms with Crippen molar-refractivity contribution >= 4 is 52.6 Å². The molecule has 0 fully saturated rings. The Bertz CT molecular complexity index is 1170. The SMILES string of the molecule is CCCCCCCCOC(=O)[C@H](CNC(=O)CNCOCc1cccc(N=C(N)N)c1)NC(=O)c1c(Cl)cccc1Cl. The standard InChI is InChI=1S/C29H40Cl2N6O5/c1-2-3-4-5-6-7-14-42-28(40)24(37-27(39)26-22(30)12-9-13-23(26)31)16-35-25(38)17-34-19-41-18-20-10-8-11-21(15-20)36-29(32)33/h8-13,15,24,34H,2-7,14,16-19H2,1H3,(H,35,38)(H,37,39)(H4,32,33,36)/t24-/m0/s1. The lowest BCUT2D eigenvalue weighted by molar-refractivity contribution is -0.146. The van der Waals surface area contributed by atoms with Crippen LogP contribution in [-0.4, -0.2) is 56.2 Å². The summed E-state index contributed by atoms with van der Waals surface area (Å²) in [6.07, 6.45) is 6.17. The molecule has 42 heavy (non-hydrogen) atoms. The quantitative estimate of drug-likeness (QED) is 0.0518. The van der Waals surface area contributed by atoms with Crippen LogP contribution in [0.3, 0.4) is 0 Å². The van der Waals surface area contributed by atoms with Gasteiger partial charge in [-0.15, -0.1) is 0 Å². The maximum absolute atomic E-state index is 12.9. The Morgan fingerprint density at radius 2 is 1.67 bits per heavy atom. The fraction of sp³-hybridized carbons (Fsp3) is 0.448. The number of amides is 2. The van der Waals surface area contributed by atoms with E-state index in [1.807, 2.05) is 6.07 Å². The molecule has 2 amide bonds. The zero-order valence-corrected chi connectivity index (χ0v) is 25.3. The molecular formula is C29H40Cl2N6O5. The number of nitrogens with two attached hydrogens (primary N) is 2. The van der Waals surface area contributed by atoms with Gasteiger partial charge in [-0.05, 0) is 36.2 Å². The van der Waals surface area contributed by atoms with Gasteiger partial charge in [-0.1, -0.05) is 80.4 Å². The van der Waals surface area contributed by atoms with Crippen LogP contribution < -0.4 is 27.4 Å². The van der Waals surface area contributed by atoms with Crippen LogP contribution in [0.25, 0.3) is 0 Å². The second-order valence-electron chi connectivity index (χ2n) is 9.49. The maximum atomic E-state index is 12.9. The lowest BCUT2D eigenvalue weighted by Gasteiger charge is -2.19. The number of hydrogen-bond donors (Lipinski definition) is 5. The molecule has 0 aliphatic heterocycles. The summed E-state index contributed by atoms with van der Waals surface area (Å²) in [6, 6.07) is 10.7. The smallest absolute Gasteiger partial charge is 0.330 e. The van der Waals surface area contributed by atoms with Crippen molar-refractivity contribution in [2.24, 2.45) is 16.5 Å². The van der Waals surface area contributed by atoms with Gasteiger partial charge in [-0.25, -0.2) is 9.79 Å². The highest BCUT2D eigenvalue weighted by Gasteiger charge is 2.25. The largest absolute Gasteiger partial charge is 0.464 e. The first-order chi connectivity index (χ1) is 20.2. The van der Waals surface area contributed by atoms with E-state index in [1.54, 1.807) is 24.3 Å². The minimum absolute atomic E-state index is 0.0311. The first-order valence-electron chi connectivity index (χ1n) is 13.9. The summed E-state index contributed by atoms with van der Waals surface area (Å²) in [5.74, 6) is -1.77. The molecule has 0 heterocycles. The molecule has 2 rings (SSSR count). The van der Waals surface area contributed by atoms with Crippen molar-refractivity contribution in [2.75, 3.05) is 26.4 Å². The Labute approximate surface area is 256 Å². The third kappa shape index (κ3) is 13.5. The highest BCUT2D eigenvalue weighted by Crippen LogP contribution is 2.24. The third-order valence-corrected chi connectivity index (χ3v) is 6.58. The van der Waals surface area contributed by atoms with Crippen LogP contribution in [0, 0.1) is 0 Å². The minimum atomic E-state index is -1.15. The molecule has 7 N–H and O–H groups in total. The van der Waals surface area contributed by atoms with Gasteiger partial charge in [0.2, 0.25) is 5.91 Å². The van der Waals surface area contributed by atoms with Crippen molar-refractivity contribution in [3.63, 3.8) is 0 Å². The molecule has 0 unspecified atom stereocenters. The van der Waals surface area contributed by atoms with Gasteiger partial charge in [0.05, 0.1) is 47.8 Å². The van der Waals surface area contributed by atoms with Crippen molar-refractivity contribution in [2.45, 2.75) is 58.1 Å². The van der Waals surface area contributed by atoms with E-state index in [2.05, 4.69) is 27.9 Å². The number of nitrogens with zero attached hydrogens (tertiary/aromatic N) is 1. The molecule has 11 nitrogen and oxygen atoms in total. The van der Waals surface area contributed by atoms with Crippen molar-refractivity contribution in [1.29, 1.82) is 0 Å². The summed E-state index contributed by atoms with van der Waals surface area (Å²) in [5, 5.41) is 8.34. The number of halogens is 2. The summed E-state index contributed by atoms with van der Waals surface area (Å²) < 4.78 is 10.9. The Balaban J connectivity index is 1.84. The zero-order valence-electron chi connectivity index (χ0n) is 23.8. The molecule has 0 aromatic heterocycles. The van der Waals surface area contributed by atoms with Crippen LogP contribution in [0.2, 0.25) is 10.0 Å². The molecule has 230 valence electrons. The first-order valence-corrected chi connectivity index (χ1v) is 14.6. The van der Waals surface area contributed by atoms with E-state index in [-0.39, 0.29) is 54.6 Å². The van der Waals surface area contributed by atoms with E-state index in [9.17, 15) is 14.4 Å². The van der Waals surface area contributed by atoms with Crippen molar-refractivity contribution in [3.05, 3.63) is 63.6 Å². The average molecular weight is 624 g/mol. The number of rotatable bonds is 19. The Hall–Kier alpha value is -3.38. The molecule has 0 spiro atoms. The van der Waals surface area contributed by atoms with E-state index in [0.717, 1.165) is 31.2 Å². The fourth-order valence-corrected chi connectivity index (χ4v) is 4.41. The molecule has 0 bridgehead atoms. The lowest BCUT2D eigenvalue weighted by Crippen LogP contribution is -2.50. The van der Waals surface area contributed by atoms with Crippen LogP contribution in [0.4, 0.5) is 5.69 Å². The molecule has 1 atom stereocenters. The van der Waals surface area contributed by atoms with E-state index in [0.29, 0.717) is 12.1 Å². The Kier molecular flexibility index (Phi) is 16.3. The molecule has 2 aromatic rings. The Morgan fingerprint density at radius 1 is 0.976 bits per heavy atom. The van der Waals surface area contributed by atoms with Crippen LogP contribution >= 0.6 is 23.2 Å². The monoisotopic (exact) mass is 622 g/mol. The van der Waals surface area contributed by atoms with Crippen molar-refractivity contribution in [3.8, 4) is 0 Å². The maximum Gasteiger partial charge on any atom is 0.330 e. The number of esters is 1. The molecule has 0 radical (unpaired) electrons.